The summed E-state index contributed by atoms with van der Waals surface area (Å²) in [6, 6.07) is 1.73. The minimum Gasteiger partial charge on any atom is -0.485 e. The summed E-state index contributed by atoms with van der Waals surface area (Å²) in [4.78, 5) is 3.93. The Bertz CT molecular complexity index is 276. The van der Waals surface area contributed by atoms with Gasteiger partial charge < -0.3 is 10.1 Å². The number of pyridine rings is 1. The quantitative estimate of drug-likeness (QED) is 0.747. The molecule has 1 N–H and O–H groups in total. The maximum Gasteiger partial charge on any atom is 0.156 e. The molecule has 0 bridgehead atoms. The Labute approximate surface area is 75.7 Å². The molecule has 12 heavy (non-hydrogen) atoms. The van der Waals surface area contributed by atoms with Gasteiger partial charge in [0.25, 0.3) is 0 Å². The van der Waals surface area contributed by atoms with Gasteiger partial charge in [0, 0.05) is 19.3 Å². The Balaban J connectivity index is 2.06. The molecule has 1 aliphatic heterocycles. The van der Waals surface area contributed by atoms with Crippen molar-refractivity contribution in [2.45, 2.75) is 6.10 Å². The normalized spacial score (nSPS) is 17.1. The minimum absolute atomic E-state index is 0.256. The highest BCUT2D eigenvalue weighted by atomic mass is 35.5. The molecule has 0 atom stereocenters. The Morgan fingerprint density at radius 3 is 3.00 bits per heavy atom. The van der Waals surface area contributed by atoms with Crippen molar-refractivity contribution in [1.82, 2.24) is 10.3 Å². The zero-order valence-corrected chi connectivity index (χ0v) is 7.21. The summed E-state index contributed by atoms with van der Waals surface area (Å²) in [5, 5.41) is 3.73. The molecule has 1 aromatic rings. The van der Waals surface area contributed by atoms with Crippen LogP contribution in [0.3, 0.4) is 0 Å². The van der Waals surface area contributed by atoms with Gasteiger partial charge in [0.15, 0.2) is 5.75 Å². The first-order valence-corrected chi connectivity index (χ1v) is 4.21. The summed E-state index contributed by atoms with van der Waals surface area (Å²) in [6.07, 6.45) is 3.54. The smallest absolute Gasteiger partial charge is 0.156 e. The Morgan fingerprint density at radius 2 is 2.42 bits per heavy atom. The van der Waals surface area contributed by atoms with Crippen molar-refractivity contribution >= 4 is 11.6 Å². The molecule has 1 aromatic heterocycles. The lowest BCUT2D eigenvalue weighted by atomic mass is 10.2. The second-order valence-corrected chi connectivity index (χ2v) is 3.11. The molecule has 0 spiro atoms. The van der Waals surface area contributed by atoms with E-state index in [1.807, 2.05) is 0 Å². The maximum absolute atomic E-state index is 5.86. The Hall–Kier alpha value is -0.800. The van der Waals surface area contributed by atoms with E-state index in [9.17, 15) is 0 Å². The summed E-state index contributed by atoms with van der Waals surface area (Å²) < 4.78 is 5.52. The molecule has 0 unspecified atom stereocenters. The van der Waals surface area contributed by atoms with Crippen molar-refractivity contribution in [2.24, 2.45) is 0 Å². The number of nitrogens with zero attached hydrogens (tertiary/aromatic N) is 1. The molecule has 0 aromatic carbocycles. The first kappa shape index (κ1) is 7.83. The van der Waals surface area contributed by atoms with Crippen molar-refractivity contribution in [1.29, 1.82) is 0 Å². The van der Waals surface area contributed by atoms with Gasteiger partial charge in [-0.1, -0.05) is 11.6 Å². The van der Waals surface area contributed by atoms with Gasteiger partial charge in [-0.3, -0.25) is 4.98 Å². The fourth-order valence-corrected chi connectivity index (χ4v) is 1.12. The fraction of sp³-hybridized carbons (Fsp3) is 0.375. The summed E-state index contributed by atoms with van der Waals surface area (Å²) in [7, 11) is 0. The fourth-order valence-electron chi connectivity index (χ4n) is 0.975. The van der Waals surface area contributed by atoms with E-state index in [1.54, 1.807) is 18.5 Å². The van der Waals surface area contributed by atoms with Crippen LogP contribution in [0.2, 0.25) is 5.02 Å². The SMILES string of the molecule is Clc1ccncc1OC1CNC1. The summed E-state index contributed by atoms with van der Waals surface area (Å²) in [5.74, 6) is 0.672. The average molecular weight is 185 g/mol. The zero-order valence-electron chi connectivity index (χ0n) is 6.46. The topological polar surface area (TPSA) is 34.1 Å². The van der Waals surface area contributed by atoms with Crippen LogP contribution in [0.5, 0.6) is 5.75 Å². The van der Waals surface area contributed by atoms with E-state index >= 15 is 0 Å². The lowest BCUT2D eigenvalue weighted by Gasteiger charge is -2.27. The van der Waals surface area contributed by atoms with Crippen LogP contribution in [0.1, 0.15) is 0 Å². The van der Waals surface area contributed by atoms with Gasteiger partial charge in [-0.05, 0) is 6.07 Å². The highest BCUT2D eigenvalue weighted by molar-refractivity contribution is 6.31. The molecule has 2 rings (SSSR count). The van der Waals surface area contributed by atoms with Crippen molar-refractivity contribution < 1.29 is 4.74 Å². The number of nitrogens with one attached hydrogen (secondary N) is 1. The van der Waals surface area contributed by atoms with E-state index < -0.39 is 0 Å². The van der Waals surface area contributed by atoms with Crippen LogP contribution >= 0.6 is 11.6 Å². The number of hydrogen-bond donors (Lipinski definition) is 1. The van der Waals surface area contributed by atoms with Gasteiger partial charge in [-0.25, -0.2) is 0 Å². The predicted octanol–water partition coefficient (Wildman–Crippen LogP) is 1.09. The van der Waals surface area contributed by atoms with Crippen LogP contribution < -0.4 is 10.1 Å². The monoisotopic (exact) mass is 184 g/mol. The summed E-state index contributed by atoms with van der Waals surface area (Å²) in [5.41, 5.74) is 0. The van der Waals surface area contributed by atoms with Crippen LogP contribution in [-0.2, 0) is 0 Å². The third-order valence-corrected chi connectivity index (χ3v) is 2.08. The van der Waals surface area contributed by atoms with Crippen LogP contribution in [0.25, 0.3) is 0 Å². The van der Waals surface area contributed by atoms with Crippen molar-refractivity contribution in [3.8, 4) is 5.75 Å². The van der Waals surface area contributed by atoms with E-state index in [2.05, 4.69) is 10.3 Å². The lowest BCUT2D eigenvalue weighted by Crippen LogP contribution is -2.50. The van der Waals surface area contributed by atoms with E-state index in [1.165, 1.54) is 0 Å². The molecule has 0 radical (unpaired) electrons. The molecule has 2 heterocycles. The number of rotatable bonds is 2. The first-order valence-electron chi connectivity index (χ1n) is 3.83. The van der Waals surface area contributed by atoms with Gasteiger partial charge in [0.05, 0.1) is 11.2 Å². The molecular weight excluding hydrogens is 176 g/mol. The van der Waals surface area contributed by atoms with E-state index in [0.717, 1.165) is 13.1 Å². The van der Waals surface area contributed by atoms with Crippen LogP contribution in [-0.4, -0.2) is 24.2 Å². The Kier molecular flexibility index (Phi) is 2.15. The van der Waals surface area contributed by atoms with Crippen LogP contribution in [0.15, 0.2) is 18.5 Å². The lowest BCUT2D eigenvalue weighted by molar-refractivity contribution is 0.142. The highest BCUT2D eigenvalue weighted by Gasteiger charge is 2.19. The molecular formula is C8H9ClN2O. The van der Waals surface area contributed by atoms with Gasteiger partial charge in [-0.15, -0.1) is 0 Å². The second kappa shape index (κ2) is 3.29. The highest BCUT2D eigenvalue weighted by Crippen LogP contribution is 2.23. The predicted molar refractivity (Wildman–Crippen MR) is 46.5 cm³/mol. The molecule has 1 saturated heterocycles. The number of aromatic nitrogens is 1. The average Bonchev–Trinajstić information content (AvgIpc) is 2.00. The number of halogens is 1. The van der Waals surface area contributed by atoms with Crippen molar-refractivity contribution in [2.75, 3.05) is 13.1 Å². The van der Waals surface area contributed by atoms with Gasteiger partial charge in [0.2, 0.25) is 0 Å². The third-order valence-electron chi connectivity index (χ3n) is 1.77. The van der Waals surface area contributed by atoms with E-state index in [-0.39, 0.29) is 6.10 Å². The third kappa shape index (κ3) is 1.52. The van der Waals surface area contributed by atoms with E-state index in [4.69, 9.17) is 16.3 Å². The minimum atomic E-state index is 0.256. The van der Waals surface area contributed by atoms with Crippen molar-refractivity contribution in [3.63, 3.8) is 0 Å². The van der Waals surface area contributed by atoms with Crippen LogP contribution in [0, 0.1) is 0 Å². The first-order chi connectivity index (χ1) is 5.86. The summed E-state index contributed by atoms with van der Waals surface area (Å²) >= 11 is 5.86. The van der Waals surface area contributed by atoms with Gasteiger partial charge in [-0.2, -0.15) is 0 Å². The zero-order chi connectivity index (χ0) is 8.39. The molecule has 0 saturated carbocycles. The van der Waals surface area contributed by atoms with Gasteiger partial charge in [0.1, 0.15) is 6.10 Å². The molecule has 1 fully saturated rings. The molecule has 0 amide bonds. The molecule has 0 aliphatic carbocycles. The second-order valence-electron chi connectivity index (χ2n) is 2.70. The molecule has 3 nitrogen and oxygen atoms in total. The Morgan fingerprint density at radius 1 is 1.58 bits per heavy atom. The summed E-state index contributed by atoms with van der Waals surface area (Å²) in [6.45, 7) is 1.79. The molecule has 64 valence electrons. The largest absolute Gasteiger partial charge is 0.485 e. The molecule has 1 aliphatic rings. The van der Waals surface area contributed by atoms with Crippen LogP contribution in [0.4, 0.5) is 0 Å². The number of hydrogen-bond acceptors (Lipinski definition) is 3. The maximum atomic E-state index is 5.86. The number of ether oxygens (including phenoxy) is 1. The molecule has 4 heteroatoms. The standard InChI is InChI=1S/C8H9ClN2O/c9-7-1-2-10-5-8(7)12-6-3-11-4-6/h1-2,5-6,11H,3-4H2. The van der Waals surface area contributed by atoms with Crippen molar-refractivity contribution in [3.05, 3.63) is 23.5 Å². The van der Waals surface area contributed by atoms with Gasteiger partial charge >= 0.3 is 0 Å². The van der Waals surface area contributed by atoms with E-state index in [0.29, 0.717) is 10.8 Å².